The molecule has 0 radical (unpaired) electrons. The number of nitrogens with zero attached hydrogens (tertiary/aromatic N) is 1. The number of rotatable bonds is 4. The molecular weight excluding hydrogens is 174 g/mol. The molecule has 0 atom stereocenters. The monoisotopic (exact) mass is 191 g/mol. The zero-order valence-electron chi connectivity index (χ0n) is 8.46. The van der Waals surface area contributed by atoms with Gasteiger partial charge in [0.15, 0.2) is 0 Å². The molecule has 0 amide bonds. The summed E-state index contributed by atoms with van der Waals surface area (Å²) < 4.78 is 0. The maximum absolute atomic E-state index is 4.43. The largest absolute Gasteiger partial charge is 0.266 e. The fraction of sp³-hybridized carbons (Fsp3) is 0.364. The van der Waals surface area contributed by atoms with Crippen molar-refractivity contribution in [1.82, 2.24) is 4.98 Å². The van der Waals surface area contributed by atoms with Gasteiger partial charge in [0.2, 0.25) is 0 Å². The zero-order chi connectivity index (χ0) is 9.73. The van der Waals surface area contributed by atoms with Crippen molar-refractivity contribution < 1.29 is 0 Å². The highest BCUT2D eigenvalue weighted by Gasteiger charge is 2.23. The van der Waals surface area contributed by atoms with Crippen LogP contribution >= 0.6 is 0 Å². The molecule has 1 aromatic rings. The minimum atomic E-state index is -1.28. The van der Waals surface area contributed by atoms with Crippen LogP contribution in [0.5, 0.6) is 0 Å². The molecule has 0 bridgehead atoms. The van der Waals surface area contributed by atoms with Gasteiger partial charge in [-0.05, 0) is 24.6 Å². The number of hydrogen-bond acceptors (Lipinski definition) is 1. The van der Waals surface area contributed by atoms with Gasteiger partial charge in [-0.2, -0.15) is 0 Å². The lowest BCUT2D eigenvalue weighted by molar-refractivity contribution is 1.16. The third-order valence-electron chi connectivity index (χ3n) is 2.33. The van der Waals surface area contributed by atoms with Crippen LogP contribution < -0.4 is 5.32 Å². The molecule has 0 unspecified atom stereocenters. The Kier molecular flexibility index (Phi) is 3.43. The summed E-state index contributed by atoms with van der Waals surface area (Å²) in [6.45, 7) is 8.48. The van der Waals surface area contributed by atoms with Crippen LogP contribution in [0.1, 0.15) is 6.42 Å². The first-order valence-electron chi connectivity index (χ1n) is 4.69. The average Bonchev–Trinajstić information content (AvgIpc) is 2.16. The van der Waals surface area contributed by atoms with Gasteiger partial charge in [0.25, 0.3) is 0 Å². The van der Waals surface area contributed by atoms with Crippen molar-refractivity contribution >= 4 is 13.4 Å². The van der Waals surface area contributed by atoms with E-state index in [2.05, 4.69) is 36.8 Å². The molecule has 0 N–H and O–H groups in total. The van der Waals surface area contributed by atoms with E-state index in [0.29, 0.717) is 0 Å². The van der Waals surface area contributed by atoms with Gasteiger partial charge in [-0.25, -0.2) is 0 Å². The van der Waals surface area contributed by atoms with Crippen molar-refractivity contribution in [2.45, 2.75) is 25.6 Å². The van der Waals surface area contributed by atoms with Crippen LogP contribution in [0.4, 0.5) is 0 Å². The first-order valence-corrected chi connectivity index (χ1v) is 7.90. The SMILES string of the molecule is C=CCC[Si](C)(C)c1ccccn1. The Morgan fingerprint density at radius 2 is 2.23 bits per heavy atom. The van der Waals surface area contributed by atoms with Crippen molar-refractivity contribution in [3.63, 3.8) is 0 Å². The molecule has 2 heteroatoms. The Labute approximate surface area is 81.5 Å². The van der Waals surface area contributed by atoms with E-state index >= 15 is 0 Å². The van der Waals surface area contributed by atoms with Gasteiger partial charge >= 0.3 is 0 Å². The van der Waals surface area contributed by atoms with Gasteiger partial charge in [-0.15, -0.1) is 6.58 Å². The molecule has 1 heterocycles. The molecule has 1 aromatic heterocycles. The van der Waals surface area contributed by atoms with Crippen molar-refractivity contribution in [3.05, 3.63) is 37.1 Å². The fourth-order valence-electron chi connectivity index (χ4n) is 1.35. The lowest BCUT2D eigenvalue weighted by atomic mass is 10.5. The Bertz CT molecular complexity index is 267. The number of hydrogen-bond donors (Lipinski definition) is 0. The number of aromatic nitrogens is 1. The van der Waals surface area contributed by atoms with E-state index in [1.54, 1.807) is 0 Å². The molecule has 0 fully saturated rings. The Hall–Kier alpha value is -0.893. The topological polar surface area (TPSA) is 12.9 Å². The number of pyridine rings is 1. The van der Waals surface area contributed by atoms with Gasteiger partial charge in [0.1, 0.15) is 8.07 Å². The van der Waals surface area contributed by atoms with Gasteiger partial charge < -0.3 is 0 Å². The highest BCUT2D eigenvalue weighted by Crippen LogP contribution is 2.11. The van der Waals surface area contributed by atoms with Crippen molar-refractivity contribution in [2.75, 3.05) is 0 Å². The van der Waals surface area contributed by atoms with Crippen LogP contribution in [-0.2, 0) is 0 Å². The summed E-state index contributed by atoms with van der Waals surface area (Å²) in [4.78, 5) is 4.43. The number of allylic oxidation sites excluding steroid dienone is 1. The molecule has 0 aliphatic carbocycles. The smallest absolute Gasteiger partial charge is 0.105 e. The Morgan fingerprint density at radius 1 is 1.46 bits per heavy atom. The van der Waals surface area contributed by atoms with Gasteiger partial charge in [-0.1, -0.05) is 25.2 Å². The van der Waals surface area contributed by atoms with Crippen LogP contribution in [0.3, 0.4) is 0 Å². The molecular formula is C11H17NSi. The van der Waals surface area contributed by atoms with Crippen LogP contribution in [-0.4, -0.2) is 13.1 Å². The van der Waals surface area contributed by atoms with E-state index in [-0.39, 0.29) is 0 Å². The van der Waals surface area contributed by atoms with E-state index in [1.165, 1.54) is 11.4 Å². The van der Waals surface area contributed by atoms with Crippen LogP contribution in [0.2, 0.25) is 19.1 Å². The quantitative estimate of drug-likeness (QED) is 0.526. The molecule has 0 saturated carbocycles. The van der Waals surface area contributed by atoms with Crippen LogP contribution in [0.25, 0.3) is 0 Å². The van der Waals surface area contributed by atoms with Crippen LogP contribution in [0.15, 0.2) is 37.1 Å². The van der Waals surface area contributed by atoms with Gasteiger partial charge in [-0.3, -0.25) is 4.98 Å². The second-order valence-corrected chi connectivity index (χ2v) is 8.71. The summed E-state index contributed by atoms with van der Waals surface area (Å²) in [5.41, 5.74) is 0. The summed E-state index contributed by atoms with van der Waals surface area (Å²) >= 11 is 0. The summed E-state index contributed by atoms with van der Waals surface area (Å²) in [6.07, 6.45) is 4.99. The maximum atomic E-state index is 4.43. The van der Waals surface area contributed by atoms with E-state index < -0.39 is 8.07 Å². The molecule has 0 aromatic carbocycles. The summed E-state index contributed by atoms with van der Waals surface area (Å²) in [6, 6.07) is 7.44. The Balaban J connectivity index is 2.74. The van der Waals surface area contributed by atoms with E-state index in [4.69, 9.17) is 0 Å². The normalized spacial score (nSPS) is 11.2. The summed E-state index contributed by atoms with van der Waals surface area (Å²) in [5, 5.41) is 1.30. The minimum absolute atomic E-state index is 1.11. The van der Waals surface area contributed by atoms with Gasteiger partial charge in [0.05, 0.1) is 0 Å². The molecule has 70 valence electrons. The third kappa shape index (κ3) is 2.81. The maximum Gasteiger partial charge on any atom is 0.105 e. The molecule has 13 heavy (non-hydrogen) atoms. The summed E-state index contributed by atoms with van der Waals surface area (Å²) in [5.74, 6) is 0. The first-order chi connectivity index (χ1) is 6.17. The molecule has 1 nitrogen and oxygen atoms in total. The summed E-state index contributed by atoms with van der Waals surface area (Å²) in [7, 11) is -1.28. The van der Waals surface area contributed by atoms with E-state index in [1.807, 2.05) is 18.3 Å². The van der Waals surface area contributed by atoms with E-state index in [9.17, 15) is 0 Å². The van der Waals surface area contributed by atoms with E-state index in [0.717, 1.165) is 6.42 Å². The highest BCUT2D eigenvalue weighted by molar-refractivity contribution is 6.89. The molecule has 0 aliphatic rings. The standard InChI is InChI=1S/C11H17NSi/c1-4-5-10-13(2,3)11-8-6-7-9-12-11/h4,6-9H,1,5,10H2,2-3H3. The third-order valence-corrected chi connectivity index (χ3v) is 5.55. The fourth-order valence-corrected chi connectivity index (χ4v) is 3.51. The minimum Gasteiger partial charge on any atom is -0.266 e. The molecule has 0 saturated heterocycles. The first kappa shape index (κ1) is 10.2. The second kappa shape index (κ2) is 4.37. The average molecular weight is 191 g/mol. The molecule has 0 aliphatic heterocycles. The van der Waals surface area contributed by atoms with Crippen molar-refractivity contribution in [1.29, 1.82) is 0 Å². The van der Waals surface area contributed by atoms with Crippen LogP contribution in [0, 0.1) is 0 Å². The highest BCUT2D eigenvalue weighted by atomic mass is 28.3. The van der Waals surface area contributed by atoms with Gasteiger partial charge in [0, 0.05) is 11.5 Å². The Morgan fingerprint density at radius 3 is 2.77 bits per heavy atom. The van der Waals surface area contributed by atoms with Crippen molar-refractivity contribution in [2.24, 2.45) is 0 Å². The lowest BCUT2D eigenvalue weighted by Crippen LogP contribution is -2.42. The zero-order valence-corrected chi connectivity index (χ0v) is 9.46. The second-order valence-electron chi connectivity index (χ2n) is 3.93. The molecule has 0 spiro atoms. The predicted molar refractivity (Wildman–Crippen MR) is 61.0 cm³/mol. The van der Waals surface area contributed by atoms with Crippen molar-refractivity contribution in [3.8, 4) is 0 Å². The predicted octanol–water partition coefficient (Wildman–Crippen LogP) is 2.57. The molecule has 1 rings (SSSR count). The lowest BCUT2D eigenvalue weighted by Gasteiger charge is -2.20.